The topological polar surface area (TPSA) is 63.6 Å². The highest BCUT2D eigenvalue weighted by Gasteiger charge is 2.06. The Morgan fingerprint density at radius 1 is 1.42 bits per heavy atom. The van der Waals surface area contributed by atoms with Crippen molar-refractivity contribution in [2.45, 2.75) is 19.8 Å². The van der Waals surface area contributed by atoms with Crippen LogP contribution in [-0.2, 0) is 20.7 Å². The molecule has 1 aromatic rings. The molecule has 4 nitrogen and oxygen atoms in total. The van der Waals surface area contributed by atoms with E-state index >= 15 is 0 Å². The summed E-state index contributed by atoms with van der Waals surface area (Å²) in [7, 11) is 0. The van der Waals surface area contributed by atoms with Gasteiger partial charge in [-0.1, -0.05) is 17.9 Å². The van der Waals surface area contributed by atoms with E-state index in [0.29, 0.717) is 12.2 Å². The molecule has 0 spiro atoms. The summed E-state index contributed by atoms with van der Waals surface area (Å²) < 4.78 is 18.2. The highest BCUT2D eigenvalue weighted by molar-refractivity contribution is 5.72. The minimum absolute atomic E-state index is 0.0632. The Hall–Kier alpha value is -2.35. The van der Waals surface area contributed by atoms with Gasteiger partial charge >= 0.3 is 11.9 Å². The molecule has 0 aliphatic heterocycles. The third-order valence-electron chi connectivity index (χ3n) is 2.17. The molecule has 100 valence electrons. The molecule has 0 fully saturated rings. The van der Waals surface area contributed by atoms with Crippen molar-refractivity contribution < 1.29 is 23.8 Å². The van der Waals surface area contributed by atoms with E-state index in [1.165, 1.54) is 12.1 Å². The lowest BCUT2D eigenvalue weighted by Crippen LogP contribution is -2.02. The van der Waals surface area contributed by atoms with Crippen molar-refractivity contribution in [1.82, 2.24) is 0 Å². The number of halogens is 1. The standard InChI is InChI=1S/C14H13FO4/c1-2-19-14(18)5-3-4-10-6-7-11(9-13(16)17)12(15)8-10/h6-8H,2,5,9H2,1H3,(H,16,17). The van der Waals surface area contributed by atoms with Crippen LogP contribution in [0.25, 0.3) is 0 Å². The number of esters is 1. The second kappa shape index (κ2) is 7.17. The Balaban J connectivity index is 2.71. The Labute approximate surface area is 110 Å². The van der Waals surface area contributed by atoms with Crippen LogP contribution >= 0.6 is 0 Å². The number of hydrogen-bond acceptors (Lipinski definition) is 3. The fourth-order valence-electron chi connectivity index (χ4n) is 1.36. The second-order valence-corrected chi connectivity index (χ2v) is 3.66. The fourth-order valence-corrected chi connectivity index (χ4v) is 1.36. The lowest BCUT2D eigenvalue weighted by Gasteiger charge is -2.00. The van der Waals surface area contributed by atoms with Gasteiger partial charge in [-0.25, -0.2) is 4.39 Å². The van der Waals surface area contributed by atoms with Gasteiger partial charge in [-0.3, -0.25) is 9.59 Å². The first-order chi connectivity index (χ1) is 9.02. The van der Waals surface area contributed by atoms with Crippen molar-refractivity contribution in [3.05, 3.63) is 35.1 Å². The minimum Gasteiger partial charge on any atom is -0.481 e. The highest BCUT2D eigenvalue weighted by Crippen LogP contribution is 2.10. The quantitative estimate of drug-likeness (QED) is 0.664. The molecule has 0 aliphatic rings. The summed E-state index contributed by atoms with van der Waals surface area (Å²) in [6, 6.07) is 4.04. The first-order valence-corrected chi connectivity index (χ1v) is 5.67. The lowest BCUT2D eigenvalue weighted by molar-refractivity contribution is -0.142. The summed E-state index contributed by atoms with van der Waals surface area (Å²) in [6.45, 7) is 1.99. The van der Waals surface area contributed by atoms with Crippen LogP contribution in [0.2, 0.25) is 0 Å². The zero-order valence-electron chi connectivity index (χ0n) is 10.4. The zero-order valence-corrected chi connectivity index (χ0v) is 10.4. The van der Waals surface area contributed by atoms with Gasteiger partial charge in [0.15, 0.2) is 0 Å². The number of carbonyl (C=O) groups excluding carboxylic acids is 1. The third-order valence-corrected chi connectivity index (χ3v) is 2.17. The predicted octanol–water partition coefficient (Wildman–Crippen LogP) is 1.76. The maximum atomic E-state index is 13.5. The van der Waals surface area contributed by atoms with Crippen molar-refractivity contribution in [1.29, 1.82) is 0 Å². The Morgan fingerprint density at radius 2 is 2.16 bits per heavy atom. The molecule has 0 unspecified atom stereocenters. The molecule has 0 radical (unpaired) electrons. The van der Waals surface area contributed by atoms with Crippen molar-refractivity contribution >= 4 is 11.9 Å². The normalized spacial score (nSPS) is 9.37. The zero-order chi connectivity index (χ0) is 14.3. The van der Waals surface area contributed by atoms with Gasteiger partial charge in [0, 0.05) is 5.56 Å². The summed E-state index contributed by atoms with van der Waals surface area (Å²) in [4.78, 5) is 21.5. The Kier molecular flexibility index (Phi) is 5.55. The van der Waals surface area contributed by atoms with E-state index in [2.05, 4.69) is 16.6 Å². The SMILES string of the molecule is CCOC(=O)CC#Cc1ccc(CC(=O)O)c(F)c1. The molecular formula is C14H13FO4. The van der Waals surface area contributed by atoms with Crippen molar-refractivity contribution in [3.8, 4) is 11.8 Å². The number of aliphatic carboxylic acids is 1. The van der Waals surface area contributed by atoms with Crippen molar-refractivity contribution in [2.24, 2.45) is 0 Å². The Bertz CT molecular complexity index is 540. The second-order valence-electron chi connectivity index (χ2n) is 3.66. The molecule has 0 bridgehead atoms. The van der Waals surface area contributed by atoms with E-state index in [4.69, 9.17) is 5.11 Å². The van der Waals surface area contributed by atoms with E-state index in [1.807, 2.05) is 0 Å². The molecule has 1 aromatic carbocycles. The van der Waals surface area contributed by atoms with Gasteiger partial charge in [-0.05, 0) is 24.6 Å². The van der Waals surface area contributed by atoms with Crippen molar-refractivity contribution in [3.63, 3.8) is 0 Å². The molecule has 1 rings (SSSR count). The van der Waals surface area contributed by atoms with Crippen LogP contribution in [0.1, 0.15) is 24.5 Å². The number of hydrogen-bond donors (Lipinski definition) is 1. The van der Waals surface area contributed by atoms with E-state index in [1.54, 1.807) is 6.92 Å². The molecule has 5 heteroatoms. The molecular weight excluding hydrogens is 251 g/mol. The average Bonchev–Trinajstić information content (AvgIpc) is 2.32. The number of carbonyl (C=O) groups is 2. The number of ether oxygens (including phenoxy) is 1. The smallest absolute Gasteiger partial charge is 0.317 e. The molecule has 0 aromatic heterocycles. The molecule has 0 heterocycles. The summed E-state index contributed by atoms with van der Waals surface area (Å²) in [5.41, 5.74) is 0.486. The van der Waals surface area contributed by atoms with E-state index < -0.39 is 17.8 Å². The monoisotopic (exact) mass is 264 g/mol. The summed E-state index contributed by atoms with van der Waals surface area (Å²) in [5.74, 6) is 3.03. The van der Waals surface area contributed by atoms with Crippen molar-refractivity contribution in [2.75, 3.05) is 6.61 Å². The largest absolute Gasteiger partial charge is 0.481 e. The minimum atomic E-state index is -1.10. The maximum absolute atomic E-state index is 13.5. The van der Waals surface area contributed by atoms with Gasteiger partial charge in [-0.15, -0.1) is 0 Å². The highest BCUT2D eigenvalue weighted by atomic mass is 19.1. The first-order valence-electron chi connectivity index (χ1n) is 5.67. The molecule has 1 N–H and O–H groups in total. The van der Waals surface area contributed by atoms with Gasteiger partial charge in [-0.2, -0.15) is 0 Å². The first kappa shape index (κ1) is 14.7. The van der Waals surface area contributed by atoms with Gasteiger partial charge in [0.1, 0.15) is 12.2 Å². The number of rotatable bonds is 4. The fraction of sp³-hybridized carbons (Fsp3) is 0.286. The van der Waals surface area contributed by atoms with Gasteiger partial charge in [0.2, 0.25) is 0 Å². The van der Waals surface area contributed by atoms with Crippen LogP contribution in [0, 0.1) is 17.7 Å². The van der Waals surface area contributed by atoms with E-state index in [0.717, 1.165) is 6.07 Å². The summed E-state index contributed by atoms with van der Waals surface area (Å²) >= 11 is 0. The number of benzene rings is 1. The molecule has 0 saturated heterocycles. The molecule has 19 heavy (non-hydrogen) atoms. The molecule has 0 saturated carbocycles. The van der Waals surface area contributed by atoms with Crippen LogP contribution in [0.15, 0.2) is 18.2 Å². The molecule has 0 atom stereocenters. The van der Waals surface area contributed by atoms with Crippen LogP contribution in [-0.4, -0.2) is 23.7 Å². The van der Waals surface area contributed by atoms with Crippen LogP contribution < -0.4 is 0 Å². The summed E-state index contributed by atoms with van der Waals surface area (Å²) in [5, 5.41) is 8.57. The van der Waals surface area contributed by atoms with Gasteiger partial charge < -0.3 is 9.84 Å². The third kappa shape index (κ3) is 5.21. The maximum Gasteiger partial charge on any atom is 0.317 e. The van der Waals surface area contributed by atoms with Crippen LogP contribution in [0.4, 0.5) is 4.39 Å². The van der Waals surface area contributed by atoms with Crippen LogP contribution in [0.3, 0.4) is 0 Å². The lowest BCUT2D eigenvalue weighted by atomic mass is 10.1. The number of carboxylic acid groups (broad SMARTS) is 1. The van der Waals surface area contributed by atoms with Crippen LogP contribution in [0.5, 0.6) is 0 Å². The molecule has 0 amide bonds. The summed E-state index contributed by atoms with van der Waals surface area (Å²) in [6.07, 6.45) is -0.436. The van der Waals surface area contributed by atoms with E-state index in [-0.39, 0.29) is 18.4 Å². The Morgan fingerprint density at radius 3 is 2.74 bits per heavy atom. The predicted molar refractivity (Wildman–Crippen MR) is 65.9 cm³/mol. The number of carboxylic acids is 1. The van der Waals surface area contributed by atoms with Gasteiger partial charge in [0.25, 0.3) is 0 Å². The average molecular weight is 264 g/mol. The van der Waals surface area contributed by atoms with Gasteiger partial charge in [0.05, 0.1) is 13.0 Å². The van der Waals surface area contributed by atoms with E-state index in [9.17, 15) is 14.0 Å². The molecule has 0 aliphatic carbocycles.